The average molecular weight is 453 g/mol. The summed E-state index contributed by atoms with van der Waals surface area (Å²) in [5.74, 6) is 1.64. The van der Waals surface area contributed by atoms with Gasteiger partial charge in [0.25, 0.3) is 0 Å². The molecular formula is C27H29FO5. The highest BCUT2D eigenvalue weighted by Gasteiger charge is 2.07. The van der Waals surface area contributed by atoms with Crippen molar-refractivity contribution in [2.24, 2.45) is 0 Å². The molecule has 0 heterocycles. The normalized spacial score (nSPS) is 10.6. The van der Waals surface area contributed by atoms with E-state index in [0.29, 0.717) is 30.5 Å². The number of hydrogen-bond donors (Lipinski definition) is 1. The summed E-state index contributed by atoms with van der Waals surface area (Å²) in [6.07, 6.45) is 3.47. The number of hydrogen-bond acceptors (Lipinski definition) is 4. The van der Waals surface area contributed by atoms with Crippen LogP contribution in [0.4, 0.5) is 4.39 Å². The lowest BCUT2D eigenvalue weighted by molar-refractivity contribution is -0.136. The second kappa shape index (κ2) is 12.5. The van der Waals surface area contributed by atoms with Crippen LogP contribution in [0.5, 0.6) is 23.0 Å². The molecule has 0 atom stereocenters. The lowest BCUT2D eigenvalue weighted by Crippen LogP contribution is -2.05. The summed E-state index contributed by atoms with van der Waals surface area (Å²) >= 11 is 0. The standard InChI is InChI=1S/C27H29FO5/c1-2-6-21-19-25(33-23-11-9-22(28)10-12-23)13-14-26(21)32-16-4-3-15-31-24-8-5-7-20(17-24)18-27(29)30/h5,7-14,17,19H,2-4,6,15-16,18H2,1H3,(H,29,30). The zero-order chi connectivity index (χ0) is 23.5. The molecule has 0 amide bonds. The molecule has 0 saturated heterocycles. The summed E-state index contributed by atoms with van der Waals surface area (Å²) in [4.78, 5) is 10.8. The van der Waals surface area contributed by atoms with Crippen molar-refractivity contribution in [2.45, 2.75) is 39.0 Å². The molecule has 3 aromatic carbocycles. The highest BCUT2D eigenvalue weighted by atomic mass is 19.1. The Balaban J connectivity index is 1.45. The fourth-order valence-corrected chi connectivity index (χ4v) is 3.36. The molecule has 33 heavy (non-hydrogen) atoms. The maximum Gasteiger partial charge on any atom is 0.307 e. The minimum absolute atomic E-state index is 0.0150. The number of aryl methyl sites for hydroxylation is 1. The molecule has 0 spiro atoms. The second-order valence-electron chi connectivity index (χ2n) is 7.70. The molecule has 174 valence electrons. The first-order valence-electron chi connectivity index (χ1n) is 11.2. The molecule has 0 unspecified atom stereocenters. The molecule has 0 fully saturated rings. The Morgan fingerprint density at radius 1 is 0.879 bits per heavy atom. The summed E-state index contributed by atoms with van der Waals surface area (Å²) < 4.78 is 30.7. The Morgan fingerprint density at radius 2 is 1.61 bits per heavy atom. The first-order chi connectivity index (χ1) is 16.0. The smallest absolute Gasteiger partial charge is 0.307 e. The van der Waals surface area contributed by atoms with Crippen molar-refractivity contribution in [3.63, 3.8) is 0 Å². The molecule has 0 bridgehead atoms. The summed E-state index contributed by atoms with van der Waals surface area (Å²) in [5.41, 5.74) is 1.79. The van der Waals surface area contributed by atoms with Crippen LogP contribution >= 0.6 is 0 Å². The van der Waals surface area contributed by atoms with Crippen LogP contribution in [-0.4, -0.2) is 24.3 Å². The maximum atomic E-state index is 13.1. The average Bonchev–Trinajstić information content (AvgIpc) is 2.79. The van der Waals surface area contributed by atoms with Gasteiger partial charge in [0.15, 0.2) is 0 Å². The van der Waals surface area contributed by atoms with E-state index < -0.39 is 5.97 Å². The minimum atomic E-state index is -0.859. The van der Waals surface area contributed by atoms with Gasteiger partial charge in [-0.25, -0.2) is 4.39 Å². The molecule has 6 heteroatoms. The summed E-state index contributed by atoms with van der Waals surface area (Å²) in [6.45, 7) is 3.21. The number of halogens is 1. The predicted molar refractivity (Wildman–Crippen MR) is 125 cm³/mol. The van der Waals surface area contributed by atoms with Crippen LogP contribution in [0.25, 0.3) is 0 Å². The molecule has 3 rings (SSSR count). The number of aliphatic carboxylic acids is 1. The third kappa shape index (κ3) is 8.15. The van der Waals surface area contributed by atoms with Gasteiger partial charge in [0, 0.05) is 0 Å². The van der Waals surface area contributed by atoms with Crippen molar-refractivity contribution >= 4 is 5.97 Å². The minimum Gasteiger partial charge on any atom is -0.494 e. The van der Waals surface area contributed by atoms with Crippen molar-refractivity contribution in [3.8, 4) is 23.0 Å². The number of rotatable bonds is 13. The van der Waals surface area contributed by atoms with Gasteiger partial charge in [0.05, 0.1) is 19.6 Å². The van der Waals surface area contributed by atoms with E-state index in [1.54, 1.807) is 30.3 Å². The number of carbonyl (C=O) groups is 1. The van der Waals surface area contributed by atoms with Crippen molar-refractivity contribution in [3.05, 3.63) is 83.7 Å². The largest absolute Gasteiger partial charge is 0.494 e. The lowest BCUT2D eigenvalue weighted by atomic mass is 10.1. The van der Waals surface area contributed by atoms with Crippen LogP contribution in [0.1, 0.15) is 37.3 Å². The van der Waals surface area contributed by atoms with Crippen LogP contribution in [0.15, 0.2) is 66.7 Å². The van der Waals surface area contributed by atoms with Crippen LogP contribution in [-0.2, 0) is 17.6 Å². The van der Waals surface area contributed by atoms with Gasteiger partial charge in [0.1, 0.15) is 28.8 Å². The Labute approximate surface area is 193 Å². The highest BCUT2D eigenvalue weighted by Crippen LogP contribution is 2.29. The maximum absolute atomic E-state index is 13.1. The number of carboxylic acids is 1. The van der Waals surface area contributed by atoms with Gasteiger partial charge < -0.3 is 19.3 Å². The molecule has 3 aromatic rings. The van der Waals surface area contributed by atoms with E-state index in [1.165, 1.54) is 12.1 Å². The van der Waals surface area contributed by atoms with Gasteiger partial charge in [-0.1, -0.05) is 25.5 Å². The van der Waals surface area contributed by atoms with Gasteiger partial charge in [0.2, 0.25) is 0 Å². The molecule has 0 aliphatic heterocycles. The summed E-state index contributed by atoms with van der Waals surface area (Å²) in [6, 6.07) is 18.8. The number of unbranched alkanes of at least 4 members (excludes halogenated alkanes) is 1. The molecular weight excluding hydrogens is 423 g/mol. The lowest BCUT2D eigenvalue weighted by Gasteiger charge is -2.14. The Kier molecular flexibility index (Phi) is 9.12. The molecule has 0 aliphatic carbocycles. The van der Waals surface area contributed by atoms with Crippen LogP contribution in [0.2, 0.25) is 0 Å². The highest BCUT2D eigenvalue weighted by molar-refractivity contribution is 5.70. The molecule has 1 N–H and O–H groups in total. The van der Waals surface area contributed by atoms with Crippen molar-refractivity contribution < 1.29 is 28.5 Å². The second-order valence-corrected chi connectivity index (χ2v) is 7.70. The number of benzene rings is 3. The molecule has 0 aromatic heterocycles. The van der Waals surface area contributed by atoms with E-state index in [0.717, 1.165) is 42.6 Å². The Hall–Kier alpha value is -3.54. The van der Waals surface area contributed by atoms with Crippen molar-refractivity contribution in [1.82, 2.24) is 0 Å². The third-order valence-corrected chi connectivity index (χ3v) is 4.92. The number of carboxylic acid groups (broad SMARTS) is 1. The molecule has 0 aliphatic rings. The molecule has 0 saturated carbocycles. The fourth-order valence-electron chi connectivity index (χ4n) is 3.36. The first-order valence-corrected chi connectivity index (χ1v) is 11.2. The van der Waals surface area contributed by atoms with E-state index in [4.69, 9.17) is 19.3 Å². The van der Waals surface area contributed by atoms with E-state index >= 15 is 0 Å². The summed E-state index contributed by atoms with van der Waals surface area (Å²) in [5, 5.41) is 8.89. The zero-order valence-corrected chi connectivity index (χ0v) is 18.8. The van der Waals surface area contributed by atoms with Crippen LogP contribution < -0.4 is 14.2 Å². The Morgan fingerprint density at radius 3 is 2.33 bits per heavy atom. The Bertz CT molecular complexity index is 1030. The molecule has 5 nitrogen and oxygen atoms in total. The first kappa shape index (κ1) is 24.1. The van der Waals surface area contributed by atoms with Gasteiger partial charge in [-0.3, -0.25) is 4.79 Å². The topological polar surface area (TPSA) is 65.0 Å². The van der Waals surface area contributed by atoms with E-state index in [-0.39, 0.29) is 12.2 Å². The van der Waals surface area contributed by atoms with Crippen LogP contribution in [0.3, 0.4) is 0 Å². The number of ether oxygens (including phenoxy) is 3. The quantitative estimate of drug-likeness (QED) is 0.303. The summed E-state index contributed by atoms with van der Waals surface area (Å²) in [7, 11) is 0. The van der Waals surface area contributed by atoms with E-state index in [1.807, 2.05) is 24.3 Å². The van der Waals surface area contributed by atoms with Crippen molar-refractivity contribution in [2.75, 3.05) is 13.2 Å². The van der Waals surface area contributed by atoms with E-state index in [9.17, 15) is 9.18 Å². The van der Waals surface area contributed by atoms with Gasteiger partial charge in [-0.05, 0) is 85.0 Å². The monoisotopic (exact) mass is 452 g/mol. The van der Waals surface area contributed by atoms with E-state index in [2.05, 4.69) is 6.92 Å². The third-order valence-electron chi connectivity index (χ3n) is 4.92. The predicted octanol–water partition coefficient (Wildman–Crippen LogP) is 6.44. The van der Waals surface area contributed by atoms with Gasteiger partial charge >= 0.3 is 5.97 Å². The van der Waals surface area contributed by atoms with Gasteiger partial charge in [-0.2, -0.15) is 0 Å². The van der Waals surface area contributed by atoms with Crippen LogP contribution in [0, 0.1) is 5.82 Å². The van der Waals surface area contributed by atoms with Crippen molar-refractivity contribution in [1.29, 1.82) is 0 Å². The van der Waals surface area contributed by atoms with Gasteiger partial charge in [-0.15, -0.1) is 0 Å². The fraction of sp³-hybridized carbons (Fsp3) is 0.296. The zero-order valence-electron chi connectivity index (χ0n) is 18.8. The molecule has 0 radical (unpaired) electrons. The SMILES string of the molecule is CCCc1cc(Oc2ccc(F)cc2)ccc1OCCCCOc1cccc(CC(=O)O)c1.